The van der Waals surface area contributed by atoms with E-state index in [-0.39, 0.29) is 0 Å². The summed E-state index contributed by atoms with van der Waals surface area (Å²) in [5.74, 6) is 2.82. The van der Waals surface area contributed by atoms with Crippen LogP contribution in [0.2, 0.25) is 0 Å². The van der Waals surface area contributed by atoms with Gasteiger partial charge in [0.25, 0.3) is 0 Å². The van der Waals surface area contributed by atoms with Crippen LogP contribution in [0.15, 0.2) is 0 Å². The lowest BCUT2D eigenvalue weighted by molar-refractivity contribution is -0.0209. The van der Waals surface area contributed by atoms with Gasteiger partial charge in [-0.3, -0.25) is 0 Å². The standard InChI is InChI=1S/C17H33N/c1-14(2)5-8-18-9-6-17(7-10-18)12-16(13-17)11-15(3)4/h14-16H,5-13H2,1-4H3. The maximum absolute atomic E-state index is 2.71. The first-order valence-corrected chi connectivity index (χ1v) is 8.21. The van der Waals surface area contributed by atoms with E-state index in [4.69, 9.17) is 0 Å². The van der Waals surface area contributed by atoms with E-state index in [2.05, 4.69) is 32.6 Å². The van der Waals surface area contributed by atoms with E-state index in [0.29, 0.717) is 0 Å². The maximum Gasteiger partial charge on any atom is -0.00134 e. The van der Waals surface area contributed by atoms with Gasteiger partial charge in [-0.2, -0.15) is 0 Å². The molecule has 0 radical (unpaired) electrons. The minimum absolute atomic E-state index is 0.786. The van der Waals surface area contributed by atoms with Crippen molar-refractivity contribution in [3.8, 4) is 0 Å². The molecule has 1 saturated carbocycles. The van der Waals surface area contributed by atoms with Gasteiger partial charge < -0.3 is 4.90 Å². The van der Waals surface area contributed by atoms with Crippen LogP contribution in [0, 0.1) is 23.2 Å². The highest BCUT2D eigenvalue weighted by Crippen LogP contribution is 2.54. The Morgan fingerprint density at radius 2 is 1.61 bits per heavy atom. The molecule has 2 fully saturated rings. The van der Waals surface area contributed by atoms with Crippen molar-refractivity contribution in [3.05, 3.63) is 0 Å². The summed E-state index contributed by atoms with van der Waals surface area (Å²) in [5, 5.41) is 0. The Morgan fingerprint density at radius 1 is 1.00 bits per heavy atom. The van der Waals surface area contributed by atoms with Crippen LogP contribution in [-0.2, 0) is 0 Å². The molecule has 1 aliphatic carbocycles. The minimum Gasteiger partial charge on any atom is -0.303 e. The fourth-order valence-corrected chi connectivity index (χ4v) is 4.10. The molecule has 0 amide bonds. The molecule has 0 aromatic rings. The lowest BCUT2D eigenvalue weighted by atomic mass is 9.56. The summed E-state index contributed by atoms with van der Waals surface area (Å²) >= 11 is 0. The van der Waals surface area contributed by atoms with Gasteiger partial charge >= 0.3 is 0 Å². The molecule has 1 heterocycles. The zero-order valence-electron chi connectivity index (χ0n) is 13.0. The van der Waals surface area contributed by atoms with Crippen LogP contribution in [0.4, 0.5) is 0 Å². The zero-order valence-corrected chi connectivity index (χ0v) is 13.0. The fraction of sp³-hybridized carbons (Fsp3) is 1.00. The van der Waals surface area contributed by atoms with Gasteiger partial charge in [-0.1, -0.05) is 27.7 Å². The van der Waals surface area contributed by atoms with Crippen LogP contribution >= 0.6 is 0 Å². The highest BCUT2D eigenvalue weighted by molar-refractivity contribution is 4.97. The van der Waals surface area contributed by atoms with Crippen molar-refractivity contribution in [2.45, 2.75) is 66.2 Å². The summed E-state index contributed by atoms with van der Waals surface area (Å²) in [5.41, 5.74) is 0.786. The van der Waals surface area contributed by atoms with Crippen molar-refractivity contribution in [3.63, 3.8) is 0 Å². The van der Waals surface area contributed by atoms with Crippen LogP contribution in [0.1, 0.15) is 66.2 Å². The van der Waals surface area contributed by atoms with Crippen molar-refractivity contribution in [2.24, 2.45) is 23.2 Å². The van der Waals surface area contributed by atoms with Crippen LogP contribution < -0.4 is 0 Å². The molecule has 1 aliphatic heterocycles. The normalized spacial score (nSPS) is 25.0. The molecule has 1 saturated heterocycles. The van der Waals surface area contributed by atoms with Gasteiger partial charge in [0, 0.05) is 0 Å². The Bertz CT molecular complexity index is 240. The van der Waals surface area contributed by atoms with Crippen LogP contribution in [0.5, 0.6) is 0 Å². The van der Waals surface area contributed by atoms with Crippen molar-refractivity contribution in [1.29, 1.82) is 0 Å². The van der Waals surface area contributed by atoms with Crippen molar-refractivity contribution < 1.29 is 0 Å². The van der Waals surface area contributed by atoms with Crippen LogP contribution in [0.25, 0.3) is 0 Å². The molecular weight excluding hydrogens is 218 g/mol. The van der Waals surface area contributed by atoms with Crippen LogP contribution in [-0.4, -0.2) is 24.5 Å². The monoisotopic (exact) mass is 251 g/mol. The quantitative estimate of drug-likeness (QED) is 0.692. The van der Waals surface area contributed by atoms with Gasteiger partial charge in [0.2, 0.25) is 0 Å². The molecule has 2 aliphatic rings. The first-order valence-electron chi connectivity index (χ1n) is 8.21. The number of rotatable bonds is 5. The van der Waals surface area contributed by atoms with E-state index in [1.165, 1.54) is 45.3 Å². The molecule has 18 heavy (non-hydrogen) atoms. The Kier molecular flexibility index (Phi) is 4.75. The Balaban J connectivity index is 1.65. The van der Waals surface area contributed by atoms with Crippen molar-refractivity contribution in [1.82, 2.24) is 4.90 Å². The number of likely N-dealkylation sites (tertiary alicyclic amines) is 1. The summed E-state index contributed by atoms with van der Waals surface area (Å²) in [4.78, 5) is 2.71. The van der Waals surface area contributed by atoms with Crippen molar-refractivity contribution >= 4 is 0 Å². The van der Waals surface area contributed by atoms with Gasteiger partial charge in [-0.25, -0.2) is 0 Å². The molecule has 1 heteroatoms. The third-order valence-electron chi connectivity index (χ3n) is 5.19. The largest absolute Gasteiger partial charge is 0.303 e. The molecule has 2 rings (SSSR count). The van der Waals surface area contributed by atoms with Gasteiger partial charge in [-0.15, -0.1) is 0 Å². The average molecular weight is 251 g/mol. The SMILES string of the molecule is CC(C)CCN1CCC2(CC1)CC(CC(C)C)C2. The van der Waals surface area contributed by atoms with Crippen molar-refractivity contribution in [2.75, 3.05) is 19.6 Å². The number of nitrogens with zero attached hydrogens (tertiary/aromatic N) is 1. The predicted molar refractivity (Wildman–Crippen MR) is 79.7 cm³/mol. The highest BCUT2D eigenvalue weighted by Gasteiger charge is 2.45. The third-order valence-corrected chi connectivity index (χ3v) is 5.19. The van der Waals surface area contributed by atoms with Gasteiger partial charge in [0.15, 0.2) is 0 Å². The lowest BCUT2D eigenvalue weighted by Crippen LogP contribution is -2.47. The summed E-state index contributed by atoms with van der Waals surface area (Å²) < 4.78 is 0. The zero-order chi connectivity index (χ0) is 13.2. The predicted octanol–water partition coefficient (Wildman–Crippen LogP) is 4.57. The number of hydrogen-bond donors (Lipinski definition) is 0. The molecule has 0 aromatic heterocycles. The molecule has 0 N–H and O–H groups in total. The smallest absolute Gasteiger partial charge is 0.00134 e. The fourth-order valence-electron chi connectivity index (χ4n) is 4.10. The topological polar surface area (TPSA) is 3.24 Å². The van der Waals surface area contributed by atoms with E-state index < -0.39 is 0 Å². The van der Waals surface area contributed by atoms with Gasteiger partial charge in [-0.05, 0) is 81.3 Å². The molecular formula is C17H33N. The average Bonchev–Trinajstić information content (AvgIpc) is 2.25. The molecule has 0 aromatic carbocycles. The Labute approximate surface area is 114 Å². The van der Waals surface area contributed by atoms with Crippen LogP contribution in [0.3, 0.4) is 0 Å². The van der Waals surface area contributed by atoms with E-state index in [9.17, 15) is 0 Å². The van der Waals surface area contributed by atoms with E-state index >= 15 is 0 Å². The second-order valence-electron chi connectivity index (χ2n) is 7.93. The molecule has 0 unspecified atom stereocenters. The Hall–Kier alpha value is -0.0400. The second-order valence-corrected chi connectivity index (χ2v) is 7.93. The van der Waals surface area contributed by atoms with E-state index in [1.807, 2.05) is 0 Å². The first kappa shape index (κ1) is 14.4. The minimum atomic E-state index is 0.786. The third kappa shape index (κ3) is 3.73. The molecule has 0 bridgehead atoms. The van der Waals surface area contributed by atoms with Gasteiger partial charge in [0.05, 0.1) is 0 Å². The molecule has 0 atom stereocenters. The summed E-state index contributed by atoms with van der Waals surface area (Å²) in [6, 6.07) is 0. The summed E-state index contributed by atoms with van der Waals surface area (Å²) in [6.07, 6.45) is 8.91. The number of piperidine rings is 1. The lowest BCUT2D eigenvalue weighted by Gasteiger charge is -2.53. The molecule has 106 valence electrons. The maximum atomic E-state index is 2.71. The first-order chi connectivity index (χ1) is 8.49. The van der Waals surface area contributed by atoms with E-state index in [0.717, 1.165) is 23.2 Å². The Morgan fingerprint density at radius 3 is 2.11 bits per heavy atom. The van der Waals surface area contributed by atoms with Gasteiger partial charge in [0.1, 0.15) is 0 Å². The number of hydrogen-bond acceptors (Lipinski definition) is 1. The summed E-state index contributed by atoms with van der Waals surface area (Å²) in [7, 11) is 0. The second kappa shape index (κ2) is 5.94. The highest BCUT2D eigenvalue weighted by atomic mass is 15.1. The van der Waals surface area contributed by atoms with E-state index in [1.54, 1.807) is 12.8 Å². The molecule has 1 nitrogen and oxygen atoms in total. The molecule has 1 spiro atoms. The summed E-state index contributed by atoms with van der Waals surface area (Å²) in [6.45, 7) is 13.5.